The Balaban J connectivity index is 3.87. The lowest BCUT2D eigenvalue weighted by atomic mass is 10.6. The molecule has 0 aliphatic rings. The first-order chi connectivity index (χ1) is 5.35. The number of hydrogen-bond donors (Lipinski definition) is 0. The quantitative estimate of drug-likeness (QED) is 0.416. The highest BCUT2D eigenvalue weighted by molar-refractivity contribution is 5.34. The fourth-order valence-electron chi connectivity index (χ4n) is 0.497. The number of carbonyl (C=O) groups excluding carboxylic acids is 2. The fourth-order valence-corrected chi connectivity index (χ4v) is 0.497. The number of isocyanates is 2. The maximum absolute atomic E-state index is 9.74. The van der Waals surface area contributed by atoms with Crippen LogP contribution in [0.15, 0.2) is 9.98 Å². The summed E-state index contributed by atoms with van der Waals surface area (Å²) < 4.78 is 4.88. The van der Waals surface area contributed by atoms with Gasteiger partial charge < -0.3 is 4.74 Å². The minimum Gasteiger partial charge on any atom is -0.354 e. The van der Waals surface area contributed by atoms with Crippen molar-refractivity contribution in [2.45, 2.75) is 13.2 Å². The molecule has 1 unspecified atom stereocenters. The average molecular weight is 156 g/mol. The van der Waals surface area contributed by atoms with Crippen molar-refractivity contribution in [3.05, 3.63) is 0 Å². The van der Waals surface area contributed by atoms with E-state index in [2.05, 4.69) is 9.98 Å². The fraction of sp³-hybridized carbons (Fsp3) is 0.667. The molecule has 0 amide bonds. The topological polar surface area (TPSA) is 68.1 Å². The highest BCUT2D eigenvalue weighted by atomic mass is 16.5. The molecule has 0 saturated heterocycles. The van der Waals surface area contributed by atoms with Crippen molar-refractivity contribution in [2.24, 2.45) is 9.98 Å². The number of ether oxygens (including phenoxy) is 1. The van der Waals surface area contributed by atoms with Crippen LogP contribution >= 0.6 is 0 Å². The van der Waals surface area contributed by atoms with Gasteiger partial charge in [0.15, 0.2) is 6.23 Å². The van der Waals surface area contributed by atoms with Crippen molar-refractivity contribution in [3.8, 4) is 0 Å². The van der Waals surface area contributed by atoms with Crippen LogP contribution < -0.4 is 0 Å². The van der Waals surface area contributed by atoms with E-state index in [9.17, 15) is 9.59 Å². The van der Waals surface area contributed by atoms with Gasteiger partial charge in [0.2, 0.25) is 12.2 Å². The van der Waals surface area contributed by atoms with Gasteiger partial charge in [-0.1, -0.05) is 0 Å². The summed E-state index contributed by atoms with van der Waals surface area (Å²) in [4.78, 5) is 25.8. The van der Waals surface area contributed by atoms with Gasteiger partial charge >= 0.3 is 0 Å². The Bertz CT molecular complexity index is 192. The van der Waals surface area contributed by atoms with Gasteiger partial charge in [0.05, 0.1) is 6.54 Å². The van der Waals surface area contributed by atoms with E-state index in [1.54, 1.807) is 6.92 Å². The zero-order valence-electron chi connectivity index (χ0n) is 6.11. The predicted octanol–water partition coefficient (Wildman–Crippen LogP) is 0.0206. The van der Waals surface area contributed by atoms with Crippen LogP contribution in [0.3, 0.4) is 0 Å². The number of rotatable bonds is 5. The van der Waals surface area contributed by atoms with Crippen molar-refractivity contribution in [1.29, 1.82) is 0 Å². The summed E-state index contributed by atoms with van der Waals surface area (Å²) in [6.45, 7) is 2.18. The summed E-state index contributed by atoms with van der Waals surface area (Å²) in [5.74, 6) is 0. The molecule has 60 valence electrons. The van der Waals surface area contributed by atoms with E-state index in [0.29, 0.717) is 6.61 Å². The molecular weight excluding hydrogens is 148 g/mol. The Morgan fingerprint density at radius 3 is 2.64 bits per heavy atom. The number of hydrogen-bond acceptors (Lipinski definition) is 5. The van der Waals surface area contributed by atoms with Crippen molar-refractivity contribution >= 4 is 12.2 Å². The smallest absolute Gasteiger partial charge is 0.237 e. The van der Waals surface area contributed by atoms with Gasteiger partial charge in [0.25, 0.3) is 0 Å². The lowest BCUT2D eigenvalue weighted by Crippen LogP contribution is -2.13. The third-order valence-corrected chi connectivity index (χ3v) is 0.868. The van der Waals surface area contributed by atoms with Crippen LogP contribution in [0.5, 0.6) is 0 Å². The normalized spacial score (nSPS) is 11.0. The molecule has 5 nitrogen and oxygen atoms in total. The monoisotopic (exact) mass is 156 g/mol. The molecule has 0 radical (unpaired) electrons. The van der Waals surface area contributed by atoms with Gasteiger partial charge in [0.1, 0.15) is 0 Å². The molecule has 1 atom stereocenters. The van der Waals surface area contributed by atoms with E-state index < -0.39 is 6.23 Å². The SMILES string of the molecule is CCOC(CN=C=O)N=C=O. The van der Waals surface area contributed by atoms with Gasteiger partial charge in [-0.2, -0.15) is 4.99 Å². The molecule has 5 heteroatoms. The molecule has 0 bridgehead atoms. The van der Waals surface area contributed by atoms with E-state index in [1.807, 2.05) is 0 Å². The summed E-state index contributed by atoms with van der Waals surface area (Å²) in [5, 5.41) is 0. The van der Waals surface area contributed by atoms with Crippen molar-refractivity contribution in [3.63, 3.8) is 0 Å². The van der Waals surface area contributed by atoms with Crippen molar-refractivity contribution in [2.75, 3.05) is 13.2 Å². The lowest BCUT2D eigenvalue weighted by Gasteiger charge is -2.04. The summed E-state index contributed by atoms with van der Waals surface area (Å²) in [5.41, 5.74) is 0. The molecule has 0 N–H and O–H groups in total. The largest absolute Gasteiger partial charge is 0.354 e. The lowest BCUT2D eigenvalue weighted by molar-refractivity contribution is 0.0761. The van der Waals surface area contributed by atoms with Crippen molar-refractivity contribution in [1.82, 2.24) is 0 Å². The summed E-state index contributed by atoms with van der Waals surface area (Å²) in [6.07, 6.45) is 1.95. The standard InChI is InChI=1S/C6H8N2O3/c1-2-11-6(8-5-10)3-7-4-9/h6H,2-3H2,1H3. The Hall–Kier alpha value is -1.28. The maximum Gasteiger partial charge on any atom is 0.237 e. The van der Waals surface area contributed by atoms with E-state index >= 15 is 0 Å². The molecule has 0 saturated carbocycles. The van der Waals surface area contributed by atoms with E-state index in [1.165, 1.54) is 12.2 Å². The molecule has 0 rings (SSSR count). The Morgan fingerprint density at radius 1 is 1.45 bits per heavy atom. The molecule has 0 fully saturated rings. The molecule has 0 aliphatic heterocycles. The first-order valence-electron chi connectivity index (χ1n) is 3.07. The highest BCUT2D eigenvalue weighted by Crippen LogP contribution is 1.92. The van der Waals surface area contributed by atoms with E-state index in [-0.39, 0.29) is 6.54 Å². The van der Waals surface area contributed by atoms with Gasteiger partial charge in [0, 0.05) is 6.61 Å². The van der Waals surface area contributed by atoms with Crippen LogP contribution in [0.2, 0.25) is 0 Å². The maximum atomic E-state index is 9.74. The van der Waals surface area contributed by atoms with Crippen LogP contribution in [0.1, 0.15) is 6.92 Å². The minimum atomic E-state index is -0.695. The summed E-state index contributed by atoms with van der Waals surface area (Å²) >= 11 is 0. The van der Waals surface area contributed by atoms with E-state index in [0.717, 1.165) is 0 Å². The molecule has 0 aromatic carbocycles. The van der Waals surface area contributed by atoms with Crippen LogP contribution in [0.4, 0.5) is 0 Å². The summed E-state index contributed by atoms with van der Waals surface area (Å²) in [7, 11) is 0. The second-order valence-corrected chi connectivity index (χ2v) is 1.56. The average Bonchev–Trinajstić information content (AvgIpc) is 2.01. The van der Waals surface area contributed by atoms with Gasteiger partial charge in [-0.3, -0.25) is 0 Å². The molecule has 0 aromatic rings. The first kappa shape index (κ1) is 9.72. The second-order valence-electron chi connectivity index (χ2n) is 1.56. The zero-order valence-corrected chi connectivity index (χ0v) is 6.11. The molecular formula is C6H8N2O3. The first-order valence-corrected chi connectivity index (χ1v) is 3.07. The number of nitrogens with zero attached hydrogens (tertiary/aromatic N) is 2. The van der Waals surface area contributed by atoms with Gasteiger partial charge in [-0.05, 0) is 6.92 Å². The molecule has 0 spiro atoms. The van der Waals surface area contributed by atoms with Crippen LogP contribution in [0.25, 0.3) is 0 Å². The van der Waals surface area contributed by atoms with Gasteiger partial charge in [-0.25, -0.2) is 14.6 Å². The Morgan fingerprint density at radius 2 is 2.18 bits per heavy atom. The Kier molecular flexibility index (Phi) is 6.04. The minimum absolute atomic E-state index is 0.0204. The Labute approximate surface area is 63.8 Å². The third kappa shape index (κ3) is 5.18. The predicted molar refractivity (Wildman–Crippen MR) is 36.5 cm³/mol. The summed E-state index contributed by atoms with van der Waals surface area (Å²) in [6, 6.07) is 0. The number of aliphatic imine (C=N–C) groups is 2. The van der Waals surface area contributed by atoms with E-state index in [4.69, 9.17) is 4.74 Å². The molecule has 11 heavy (non-hydrogen) atoms. The van der Waals surface area contributed by atoms with Gasteiger partial charge in [-0.15, -0.1) is 0 Å². The molecule has 0 aromatic heterocycles. The van der Waals surface area contributed by atoms with Crippen LogP contribution in [0, 0.1) is 0 Å². The molecule has 0 heterocycles. The zero-order chi connectivity index (χ0) is 8.53. The van der Waals surface area contributed by atoms with Crippen LogP contribution in [-0.4, -0.2) is 31.5 Å². The highest BCUT2D eigenvalue weighted by Gasteiger charge is 2.02. The third-order valence-electron chi connectivity index (χ3n) is 0.868. The molecule has 0 aliphatic carbocycles. The van der Waals surface area contributed by atoms with Crippen LogP contribution in [-0.2, 0) is 14.3 Å². The van der Waals surface area contributed by atoms with Crippen molar-refractivity contribution < 1.29 is 14.3 Å². The second kappa shape index (κ2) is 6.83.